The quantitative estimate of drug-likeness (QED) is 0.622. The van der Waals surface area contributed by atoms with Gasteiger partial charge in [0.1, 0.15) is 17.2 Å². The Bertz CT molecular complexity index is 974. The molecule has 0 unspecified atom stereocenters. The van der Waals surface area contributed by atoms with Crippen molar-refractivity contribution in [3.05, 3.63) is 41.6 Å². The molecule has 10 heteroatoms. The Labute approximate surface area is 190 Å². The number of aromatic nitrogens is 2. The maximum Gasteiger partial charge on any atom is 0.419 e. The maximum absolute atomic E-state index is 13.7. The summed E-state index contributed by atoms with van der Waals surface area (Å²) in [7, 11) is 1.81. The topological polar surface area (TPSA) is 59.4 Å². The van der Waals surface area contributed by atoms with Crippen molar-refractivity contribution in [1.29, 1.82) is 0 Å². The van der Waals surface area contributed by atoms with E-state index in [1.54, 1.807) is 11.1 Å². The highest BCUT2D eigenvalue weighted by Crippen LogP contribution is 2.35. The lowest BCUT2D eigenvalue weighted by molar-refractivity contribution is -0.139. The van der Waals surface area contributed by atoms with Crippen LogP contribution in [0.1, 0.15) is 50.9 Å². The number of amides is 1. The lowest BCUT2D eigenvalue weighted by atomic mass is 9.96. The number of carbonyl (C=O) groups excluding carboxylic acids is 1. The summed E-state index contributed by atoms with van der Waals surface area (Å²) in [6, 6.07) is 2.93. The SMILES string of the molecule is CNCCn1cc(-c2ccc(F)c(C(F)(F)F)c2)nc1C1CCN(C(=O)OC(C)(C)C)CC1. The van der Waals surface area contributed by atoms with Gasteiger partial charge in [-0.25, -0.2) is 14.2 Å². The molecule has 1 saturated heterocycles. The molecule has 2 heterocycles. The number of rotatable bonds is 5. The third-order valence-electron chi connectivity index (χ3n) is 5.49. The van der Waals surface area contributed by atoms with Crippen molar-refractivity contribution in [3.8, 4) is 11.3 Å². The molecule has 1 aliphatic rings. The van der Waals surface area contributed by atoms with Crippen LogP contribution in [0, 0.1) is 5.82 Å². The number of carbonyl (C=O) groups is 1. The first-order valence-corrected chi connectivity index (χ1v) is 11.0. The summed E-state index contributed by atoms with van der Waals surface area (Å²) in [6.45, 7) is 7.69. The molecule has 0 bridgehead atoms. The summed E-state index contributed by atoms with van der Waals surface area (Å²) in [5.74, 6) is -0.519. The summed E-state index contributed by atoms with van der Waals surface area (Å²) in [6.07, 6.45) is -2.11. The van der Waals surface area contributed by atoms with Crippen LogP contribution in [0.25, 0.3) is 11.3 Å². The molecule has 2 aromatic rings. The third-order valence-corrected chi connectivity index (χ3v) is 5.49. The fourth-order valence-corrected chi connectivity index (χ4v) is 3.86. The molecule has 0 atom stereocenters. The molecule has 1 fully saturated rings. The van der Waals surface area contributed by atoms with Gasteiger partial charge in [-0.15, -0.1) is 0 Å². The lowest BCUT2D eigenvalue weighted by Crippen LogP contribution is -2.41. The number of imidazole rings is 1. The van der Waals surface area contributed by atoms with E-state index >= 15 is 0 Å². The van der Waals surface area contributed by atoms with Gasteiger partial charge in [0, 0.05) is 43.9 Å². The van der Waals surface area contributed by atoms with Crippen molar-refractivity contribution in [2.75, 3.05) is 26.7 Å². The highest BCUT2D eigenvalue weighted by molar-refractivity contribution is 5.68. The molecule has 1 aromatic carbocycles. The van der Waals surface area contributed by atoms with Crippen molar-refractivity contribution in [3.63, 3.8) is 0 Å². The molecule has 6 nitrogen and oxygen atoms in total. The average Bonchev–Trinajstić information content (AvgIpc) is 3.14. The number of likely N-dealkylation sites (N-methyl/N-ethyl adjacent to an activating group) is 1. The number of halogens is 4. The number of piperidine rings is 1. The molecular formula is C23H30F4N4O2. The summed E-state index contributed by atoms with van der Waals surface area (Å²) in [4.78, 5) is 18.7. The number of nitrogens with one attached hydrogen (secondary N) is 1. The first-order valence-electron chi connectivity index (χ1n) is 11.0. The van der Waals surface area contributed by atoms with E-state index in [0.717, 1.165) is 18.0 Å². The van der Waals surface area contributed by atoms with E-state index < -0.39 is 23.2 Å². The van der Waals surface area contributed by atoms with Crippen LogP contribution in [-0.4, -0.2) is 52.8 Å². The first-order chi connectivity index (χ1) is 15.4. The molecule has 3 rings (SSSR count). The number of hydrogen-bond acceptors (Lipinski definition) is 4. The zero-order valence-corrected chi connectivity index (χ0v) is 19.3. The van der Waals surface area contributed by atoms with Crippen molar-refractivity contribution >= 4 is 6.09 Å². The van der Waals surface area contributed by atoms with Crippen LogP contribution in [-0.2, 0) is 17.5 Å². The Morgan fingerprint density at radius 3 is 2.45 bits per heavy atom. The molecule has 33 heavy (non-hydrogen) atoms. The van der Waals surface area contributed by atoms with Crippen LogP contribution in [0.5, 0.6) is 0 Å². The summed E-state index contributed by atoms with van der Waals surface area (Å²) >= 11 is 0. The number of nitrogens with zero attached hydrogens (tertiary/aromatic N) is 3. The van der Waals surface area contributed by atoms with Crippen LogP contribution in [0.4, 0.5) is 22.4 Å². The molecule has 0 aliphatic carbocycles. The second-order valence-corrected chi connectivity index (χ2v) is 9.22. The second-order valence-electron chi connectivity index (χ2n) is 9.22. The fourth-order valence-electron chi connectivity index (χ4n) is 3.86. The van der Waals surface area contributed by atoms with E-state index in [0.29, 0.717) is 44.7 Å². The van der Waals surface area contributed by atoms with Crippen LogP contribution in [0.3, 0.4) is 0 Å². The monoisotopic (exact) mass is 470 g/mol. The van der Waals surface area contributed by atoms with Gasteiger partial charge in [0.25, 0.3) is 0 Å². The number of hydrogen-bond donors (Lipinski definition) is 1. The predicted octanol–water partition coefficient (Wildman–Crippen LogP) is 5.04. The van der Waals surface area contributed by atoms with Gasteiger partial charge in [-0.3, -0.25) is 0 Å². The van der Waals surface area contributed by atoms with Gasteiger partial charge in [-0.05, 0) is 58.9 Å². The van der Waals surface area contributed by atoms with Crippen molar-refractivity contribution in [1.82, 2.24) is 19.8 Å². The first kappa shape index (κ1) is 25.0. The third kappa shape index (κ3) is 6.25. The number of ether oxygens (including phenoxy) is 1. The summed E-state index contributed by atoms with van der Waals surface area (Å²) < 4.78 is 60.6. The van der Waals surface area contributed by atoms with E-state index in [-0.39, 0.29) is 17.6 Å². The smallest absolute Gasteiger partial charge is 0.419 e. The van der Waals surface area contributed by atoms with Crippen molar-refractivity contribution in [2.24, 2.45) is 0 Å². The maximum atomic E-state index is 13.7. The van der Waals surface area contributed by atoms with E-state index in [1.165, 1.54) is 6.07 Å². The number of benzene rings is 1. The molecule has 182 valence electrons. The van der Waals surface area contributed by atoms with E-state index in [1.807, 2.05) is 32.4 Å². The molecule has 1 amide bonds. The van der Waals surface area contributed by atoms with Crippen LogP contribution >= 0.6 is 0 Å². The van der Waals surface area contributed by atoms with Crippen LogP contribution in [0.15, 0.2) is 24.4 Å². The fraction of sp³-hybridized carbons (Fsp3) is 0.565. The van der Waals surface area contributed by atoms with E-state index in [4.69, 9.17) is 4.74 Å². The van der Waals surface area contributed by atoms with Gasteiger partial charge in [0.2, 0.25) is 0 Å². The van der Waals surface area contributed by atoms with E-state index in [2.05, 4.69) is 10.3 Å². The Hall–Kier alpha value is -2.62. The molecule has 0 spiro atoms. The Kier molecular flexibility index (Phi) is 7.36. The average molecular weight is 471 g/mol. The van der Waals surface area contributed by atoms with Gasteiger partial charge in [0.05, 0.1) is 11.3 Å². The minimum Gasteiger partial charge on any atom is -0.444 e. The predicted molar refractivity (Wildman–Crippen MR) is 116 cm³/mol. The Morgan fingerprint density at radius 1 is 1.21 bits per heavy atom. The molecule has 0 radical (unpaired) electrons. The van der Waals surface area contributed by atoms with Crippen molar-refractivity contribution in [2.45, 2.75) is 57.9 Å². The number of alkyl halides is 3. The largest absolute Gasteiger partial charge is 0.444 e. The van der Waals surface area contributed by atoms with Gasteiger partial charge in [-0.2, -0.15) is 13.2 Å². The van der Waals surface area contributed by atoms with Crippen LogP contribution in [0.2, 0.25) is 0 Å². The van der Waals surface area contributed by atoms with Crippen molar-refractivity contribution < 1.29 is 27.1 Å². The normalized spacial score (nSPS) is 15.7. The highest BCUT2D eigenvalue weighted by atomic mass is 19.4. The highest BCUT2D eigenvalue weighted by Gasteiger charge is 2.35. The van der Waals surface area contributed by atoms with Gasteiger partial charge in [0.15, 0.2) is 0 Å². The van der Waals surface area contributed by atoms with Gasteiger partial charge in [-0.1, -0.05) is 0 Å². The Balaban J connectivity index is 1.83. The van der Waals surface area contributed by atoms with Gasteiger partial charge < -0.3 is 19.5 Å². The number of likely N-dealkylation sites (tertiary alicyclic amines) is 1. The lowest BCUT2D eigenvalue weighted by Gasteiger charge is -2.33. The molecule has 1 aliphatic heterocycles. The van der Waals surface area contributed by atoms with E-state index in [9.17, 15) is 22.4 Å². The summed E-state index contributed by atoms with van der Waals surface area (Å²) in [5, 5.41) is 3.06. The standard InChI is InChI=1S/C23H30F4N4O2/c1-22(2,3)33-21(32)30-10-7-15(8-11-30)20-29-19(14-31(20)12-9-28-4)16-5-6-18(24)17(13-16)23(25,26)27/h5-6,13-15,28H,7-12H2,1-4H3. The van der Waals surface area contributed by atoms with Gasteiger partial charge >= 0.3 is 12.3 Å². The minimum absolute atomic E-state index is 0.0387. The summed E-state index contributed by atoms with van der Waals surface area (Å²) in [5.41, 5.74) is -1.31. The molecular weight excluding hydrogens is 440 g/mol. The second kappa shape index (κ2) is 9.70. The van der Waals surface area contributed by atoms with Crippen LogP contribution < -0.4 is 5.32 Å². The molecule has 1 aromatic heterocycles. The Morgan fingerprint density at radius 2 is 1.88 bits per heavy atom. The zero-order valence-electron chi connectivity index (χ0n) is 19.3. The molecule has 1 N–H and O–H groups in total. The minimum atomic E-state index is -4.79. The molecule has 0 saturated carbocycles. The zero-order chi connectivity index (χ0) is 24.4.